The summed E-state index contributed by atoms with van der Waals surface area (Å²) in [4.78, 5) is 8.90. The number of anilines is 3. The molecule has 9 nitrogen and oxygen atoms in total. The summed E-state index contributed by atoms with van der Waals surface area (Å²) in [7, 11) is 0. The van der Waals surface area contributed by atoms with E-state index in [4.69, 9.17) is 15.2 Å². The number of nitrogens with two attached hydrogens (primary N) is 1. The summed E-state index contributed by atoms with van der Waals surface area (Å²) < 4.78 is 24.2. The number of nitriles is 2. The van der Waals surface area contributed by atoms with E-state index in [1.807, 2.05) is 5.38 Å². The first kappa shape index (κ1) is 26.4. The number of nitrogens with zero attached hydrogens (tertiary/aromatic N) is 4. The van der Waals surface area contributed by atoms with Gasteiger partial charge in [0.25, 0.3) is 0 Å². The number of nitrogens with one attached hydrogen (secondary N) is 1. The Balaban J connectivity index is 1.36. The zero-order valence-corrected chi connectivity index (χ0v) is 21.9. The van der Waals surface area contributed by atoms with Crippen molar-refractivity contribution in [2.45, 2.75) is 23.0 Å². The van der Waals surface area contributed by atoms with Crippen LogP contribution in [-0.4, -0.2) is 40.5 Å². The number of hydrogen-bond donors (Lipinski definition) is 3. The van der Waals surface area contributed by atoms with Gasteiger partial charge in [-0.2, -0.15) is 10.5 Å². The van der Waals surface area contributed by atoms with E-state index in [2.05, 4.69) is 27.4 Å². The Hall–Kier alpha value is -4.20. The van der Waals surface area contributed by atoms with Crippen LogP contribution in [-0.2, 0) is 10.5 Å². The van der Waals surface area contributed by atoms with Crippen LogP contribution in [0.1, 0.15) is 16.8 Å². The molecule has 4 N–H and O–H groups in total. The molecule has 0 amide bonds. The molecule has 0 saturated carbocycles. The third-order valence-electron chi connectivity index (χ3n) is 5.85. The fourth-order valence-electron chi connectivity index (χ4n) is 3.93. The van der Waals surface area contributed by atoms with Gasteiger partial charge in [-0.1, -0.05) is 23.9 Å². The van der Waals surface area contributed by atoms with Crippen LogP contribution in [0.2, 0.25) is 0 Å². The van der Waals surface area contributed by atoms with Gasteiger partial charge in [-0.3, -0.25) is 0 Å². The van der Waals surface area contributed by atoms with Crippen molar-refractivity contribution in [3.05, 3.63) is 76.5 Å². The molecule has 2 aromatic heterocycles. The highest BCUT2D eigenvalue weighted by atomic mass is 32.2. The minimum absolute atomic E-state index is 0.0255. The van der Waals surface area contributed by atoms with E-state index < -0.39 is 12.2 Å². The van der Waals surface area contributed by atoms with Crippen molar-refractivity contribution in [3.63, 3.8) is 0 Å². The Kier molecular flexibility index (Phi) is 7.91. The molecule has 0 spiro atoms. The van der Waals surface area contributed by atoms with Crippen LogP contribution in [0.4, 0.5) is 21.0 Å². The molecule has 1 aliphatic heterocycles. The molecule has 1 saturated heterocycles. The van der Waals surface area contributed by atoms with Crippen LogP contribution in [0.5, 0.6) is 5.75 Å². The highest BCUT2D eigenvalue weighted by Gasteiger charge is 2.28. The summed E-state index contributed by atoms with van der Waals surface area (Å²) >= 11 is 2.69. The number of nitrogen functional groups attached to an aromatic ring is 1. The first-order valence-electron chi connectivity index (χ1n) is 11.7. The van der Waals surface area contributed by atoms with Gasteiger partial charge >= 0.3 is 0 Å². The summed E-state index contributed by atoms with van der Waals surface area (Å²) in [5, 5.41) is 35.8. The lowest BCUT2D eigenvalue weighted by atomic mass is 9.97. The number of aliphatic hydroxyl groups excluding tert-OH is 1. The van der Waals surface area contributed by atoms with Crippen molar-refractivity contribution < 1.29 is 19.0 Å². The van der Waals surface area contributed by atoms with Crippen molar-refractivity contribution >= 4 is 39.7 Å². The number of hydrogen-bond acceptors (Lipinski definition) is 11. The predicted molar refractivity (Wildman–Crippen MR) is 146 cm³/mol. The van der Waals surface area contributed by atoms with E-state index >= 15 is 0 Å². The molecule has 5 rings (SSSR count). The van der Waals surface area contributed by atoms with Gasteiger partial charge in [-0.05, 0) is 42.0 Å². The maximum Gasteiger partial charge on any atom is 0.187 e. The van der Waals surface area contributed by atoms with Gasteiger partial charge in [0.1, 0.15) is 52.3 Å². The van der Waals surface area contributed by atoms with E-state index in [-0.39, 0.29) is 29.4 Å². The predicted octanol–water partition coefficient (Wildman–Crippen LogP) is 4.84. The van der Waals surface area contributed by atoms with Crippen molar-refractivity contribution in [1.82, 2.24) is 9.97 Å². The molecule has 0 aliphatic carbocycles. The molecule has 196 valence electrons. The van der Waals surface area contributed by atoms with Gasteiger partial charge in [0, 0.05) is 22.4 Å². The minimum Gasteiger partial charge on any atom is -0.485 e. The number of aromatic nitrogens is 2. The minimum atomic E-state index is -0.702. The second-order valence-corrected chi connectivity index (χ2v) is 10.3. The molecule has 12 heteroatoms. The smallest absolute Gasteiger partial charge is 0.187 e. The highest BCUT2D eigenvalue weighted by molar-refractivity contribution is 7.98. The van der Waals surface area contributed by atoms with Gasteiger partial charge in [0.15, 0.2) is 5.13 Å². The van der Waals surface area contributed by atoms with Gasteiger partial charge in [0.05, 0.1) is 24.5 Å². The van der Waals surface area contributed by atoms with Crippen molar-refractivity contribution in [2.75, 3.05) is 24.3 Å². The topological polar surface area (TPSA) is 150 Å². The number of thiazole rings is 1. The summed E-state index contributed by atoms with van der Waals surface area (Å²) in [5.74, 6) is 0.641. The molecule has 39 heavy (non-hydrogen) atoms. The van der Waals surface area contributed by atoms with Gasteiger partial charge in [-0.15, -0.1) is 11.3 Å². The summed E-state index contributed by atoms with van der Waals surface area (Å²) in [5.41, 5.74) is 8.96. The van der Waals surface area contributed by atoms with E-state index in [1.54, 1.807) is 36.4 Å². The van der Waals surface area contributed by atoms with Gasteiger partial charge < -0.3 is 25.6 Å². The molecular weight excluding hydrogens is 539 g/mol. The third-order valence-corrected chi connectivity index (χ3v) is 7.67. The second-order valence-electron chi connectivity index (χ2n) is 8.50. The van der Waals surface area contributed by atoms with Crippen molar-refractivity contribution in [2.24, 2.45) is 0 Å². The number of pyridine rings is 1. The molecule has 4 aromatic rings. The molecule has 2 atom stereocenters. The van der Waals surface area contributed by atoms with Gasteiger partial charge in [-0.25, -0.2) is 14.4 Å². The van der Waals surface area contributed by atoms with E-state index in [1.165, 1.54) is 35.2 Å². The lowest BCUT2D eigenvalue weighted by Crippen LogP contribution is -2.29. The fourth-order valence-corrected chi connectivity index (χ4v) is 5.66. The van der Waals surface area contributed by atoms with Crippen LogP contribution >= 0.6 is 23.1 Å². The average Bonchev–Trinajstić information content (AvgIpc) is 3.57. The highest BCUT2D eigenvalue weighted by Crippen LogP contribution is 2.37. The fraction of sp³-hybridized carbons (Fsp3) is 0.185. The number of rotatable bonds is 8. The Morgan fingerprint density at radius 3 is 2.51 bits per heavy atom. The largest absolute Gasteiger partial charge is 0.485 e. The zero-order valence-electron chi connectivity index (χ0n) is 20.3. The third kappa shape index (κ3) is 5.95. The molecule has 1 fully saturated rings. The Morgan fingerprint density at radius 1 is 1.10 bits per heavy atom. The Bertz CT molecular complexity index is 1560. The van der Waals surface area contributed by atoms with E-state index in [9.17, 15) is 20.0 Å². The van der Waals surface area contributed by atoms with Crippen LogP contribution in [0, 0.1) is 28.5 Å². The quantitative estimate of drug-likeness (QED) is 0.255. The Labute approximate surface area is 231 Å². The molecule has 3 heterocycles. The summed E-state index contributed by atoms with van der Waals surface area (Å²) in [6.07, 6.45) is -1.16. The first-order chi connectivity index (χ1) is 18.9. The normalized spacial score (nSPS) is 16.4. The standard InChI is InChI=1S/C27H21FN6O3S2/c28-16-3-5-17(6-4-16)32-27-33-18(14-39-27)13-38-26-21(10-30)24(20(9-29)25(31)34-26)15-1-7-19(8-2-15)37-23-12-36-11-22(23)35/h1-8,14,22-23,35H,11-13H2,(H2,31,34)(H,32,33)/t22-,23-/m0/s1. The van der Waals surface area contributed by atoms with E-state index in [0.29, 0.717) is 45.1 Å². The molecule has 1 aliphatic rings. The first-order valence-corrected chi connectivity index (χ1v) is 13.6. The molecule has 0 unspecified atom stereocenters. The molecule has 0 radical (unpaired) electrons. The summed E-state index contributed by atoms with van der Waals surface area (Å²) in [6, 6.07) is 17.1. The monoisotopic (exact) mass is 560 g/mol. The number of ether oxygens (including phenoxy) is 2. The zero-order chi connectivity index (χ0) is 27.4. The lowest BCUT2D eigenvalue weighted by Gasteiger charge is -2.16. The Morgan fingerprint density at radius 2 is 1.85 bits per heavy atom. The molecular formula is C27H21FN6O3S2. The molecule has 0 bridgehead atoms. The lowest BCUT2D eigenvalue weighted by molar-refractivity contribution is 0.0733. The number of thioether (sulfide) groups is 1. The van der Waals surface area contributed by atoms with Crippen LogP contribution < -0.4 is 15.8 Å². The van der Waals surface area contributed by atoms with Crippen LogP contribution in [0.15, 0.2) is 58.9 Å². The van der Waals surface area contributed by atoms with Crippen LogP contribution in [0.3, 0.4) is 0 Å². The second kappa shape index (κ2) is 11.7. The number of aliphatic hydroxyl groups is 1. The number of halogens is 1. The molecule has 2 aromatic carbocycles. The summed E-state index contributed by atoms with van der Waals surface area (Å²) in [6.45, 7) is 0.522. The maximum absolute atomic E-state index is 13.2. The van der Waals surface area contributed by atoms with Crippen molar-refractivity contribution in [3.8, 4) is 29.0 Å². The maximum atomic E-state index is 13.2. The SMILES string of the molecule is N#Cc1c(N)nc(SCc2csc(Nc3ccc(F)cc3)n2)c(C#N)c1-c1ccc(O[C@H]2COC[C@@H]2O)cc1. The van der Waals surface area contributed by atoms with Crippen LogP contribution in [0.25, 0.3) is 11.1 Å². The number of benzene rings is 2. The van der Waals surface area contributed by atoms with Crippen molar-refractivity contribution in [1.29, 1.82) is 10.5 Å². The van der Waals surface area contributed by atoms with E-state index in [0.717, 1.165) is 5.69 Å². The average molecular weight is 561 g/mol. The van der Waals surface area contributed by atoms with Gasteiger partial charge in [0.2, 0.25) is 0 Å².